The lowest BCUT2D eigenvalue weighted by Gasteiger charge is -2.14. The van der Waals surface area contributed by atoms with Crippen LogP contribution in [0.2, 0.25) is 0 Å². The van der Waals surface area contributed by atoms with Crippen LogP contribution in [0.1, 0.15) is 43.0 Å². The highest BCUT2D eigenvalue weighted by Gasteiger charge is 2.27. The number of Topliss-reactive ketones (excluding diaryl/α,β-unsaturated/α-hetero) is 1. The van der Waals surface area contributed by atoms with Crippen molar-refractivity contribution in [3.63, 3.8) is 0 Å². The van der Waals surface area contributed by atoms with Crippen LogP contribution in [0.4, 0.5) is 0 Å². The van der Waals surface area contributed by atoms with E-state index in [9.17, 15) is 4.79 Å². The van der Waals surface area contributed by atoms with E-state index in [2.05, 4.69) is 12.2 Å². The topological polar surface area (TPSA) is 47.6 Å². The smallest absolute Gasteiger partial charge is 0.164 e. The van der Waals surface area contributed by atoms with Gasteiger partial charge in [-0.1, -0.05) is 43.7 Å². The van der Waals surface area contributed by atoms with Crippen LogP contribution in [0.5, 0.6) is 11.5 Å². The van der Waals surface area contributed by atoms with E-state index in [1.54, 1.807) is 0 Å². The average molecular weight is 353 g/mol. The normalized spacial score (nSPS) is 19.3. The van der Waals surface area contributed by atoms with Gasteiger partial charge in [-0.15, -0.1) is 0 Å². The van der Waals surface area contributed by atoms with Crippen LogP contribution in [-0.4, -0.2) is 31.1 Å². The minimum absolute atomic E-state index is 0.0930. The standard InChI is InChI=1S/C22H27NO3/c1-2-3-13-25-19-9-11-20(12-10-19)26-21-14-18(23-16-21)15-22(24)17-7-5-4-6-8-17/h4-12,18,21,23H,2-3,13-16H2,1H3. The van der Waals surface area contributed by atoms with Crippen LogP contribution in [0.3, 0.4) is 0 Å². The summed E-state index contributed by atoms with van der Waals surface area (Å²) in [6.07, 6.45) is 3.63. The summed E-state index contributed by atoms with van der Waals surface area (Å²) in [6, 6.07) is 17.4. The number of hydrogen-bond acceptors (Lipinski definition) is 4. The third-order valence-corrected chi connectivity index (χ3v) is 4.60. The van der Waals surface area contributed by atoms with Gasteiger partial charge in [-0.05, 0) is 30.7 Å². The first kappa shape index (κ1) is 18.5. The van der Waals surface area contributed by atoms with Crippen molar-refractivity contribution in [1.29, 1.82) is 0 Å². The highest BCUT2D eigenvalue weighted by molar-refractivity contribution is 5.96. The lowest BCUT2D eigenvalue weighted by molar-refractivity contribution is 0.0970. The maximum absolute atomic E-state index is 12.3. The van der Waals surface area contributed by atoms with E-state index in [1.807, 2.05) is 54.6 Å². The largest absolute Gasteiger partial charge is 0.494 e. The van der Waals surface area contributed by atoms with Crippen molar-refractivity contribution in [2.24, 2.45) is 0 Å². The molecule has 0 aromatic heterocycles. The lowest BCUT2D eigenvalue weighted by Crippen LogP contribution is -2.24. The summed E-state index contributed by atoms with van der Waals surface area (Å²) in [7, 11) is 0. The molecule has 1 saturated heterocycles. The number of rotatable bonds is 9. The van der Waals surface area contributed by atoms with E-state index in [4.69, 9.17) is 9.47 Å². The Morgan fingerprint density at radius 1 is 1.08 bits per heavy atom. The third-order valence-electron chi connectivity index (χ3n) is 4.60. The molecule has 1 N–H and O–H groups in total. The molecule has 0 bridgehead atoms. The SMILES string of the molecule is CCCCOc1ccc(OC2CNC(CC(=O)c3ccccc3)C2)cc1. The van der Waals surface area contributed by atoms with Gasteiger partial charge in [-0.25, -0.2) is 0 Å². The summed E-state index contributed by atoms with van der Waals surface area (Å²) in [5.41, 5.74) is 0.775. The molecule has 0 amide bonds. The predicted molar refractivity (Wildman–Crippen MR) is 103 cm³/mol. The highest BCUT2D eigenvalue weighted by atomic mass is 16.5. The van der Waals surface area contributed by atoms with Crippen molar-refractivity contribution in [3.05, 3.63) is 60.2 Å². The van der Waals surface area contributed by atoms with E-state index >= 15 is 0 Å². The maximum Gasteiger partial charge on any atom is 0.164 e. The summed E-state index contributed by atoms with van der Waals surface area (Å²) >= 11 is 0. The molecular weight excluding hydrogens is 326 g/mol. The summed E-state index contributed by atoms with van der Waals surface area (Å²) in [6.45, 7) is 3.67. The molecule has 1 aliphatic rings. The van der Waals surface area contributed by atoms with E-state index < -0.39 is 0 Å². The molecule has 4 heteroatoms. The second-order valence-electron chi connectivity index (χ2n) is 6.75. The van der Waals surface area contributed by atoms with E-state index in [0.717, 1.165) is 49.5 Å². The first-order valence-electron chi connectivity index (χ1n) is 9.45. The molecule has 1 heterocycles. The average Bonchev–Trinajstić information content (AvgIpc) is 3.11. The van der Waals surface area contributed by atoms with Gasteiger partial charge in [0.1, 0.15) is 17.6 Å². The fourth-order valence-electron chi connectivity index (χ4n) is 3.13. The Bertz CT molecular complexity index is 684. The second kappa shape index (κ2) is 9.39. The van der Waals surface area contributed by atoms with Crippen LogP contribution in [0.15, 0.2) is 54.6 Å². The molecule has 138 valence electrons. The molecule has 2 aromatic carbocycles. The number of ether oxygens (including phenoxy) is 2. The molecule has 0 spiro atoms. The molecule has 1 fully saturated rings. The Hall–Kier alpha value is -2.33. The molecule has 1 aliphatic heterocycles. The van der Waals surface area contributed by atoms with Crippen molar-refractivity contribution in [1.82, 2.24) is 5.32 Å². The summed E-state index contributed by atoms with van der Waals surface area (Å²) in [4.78, 5) is 12.3. The summed E-state index contributed by atoms with van der Waals surface area (Å²) in [5, 5.41) is 3.40. The van der Waals surface area contributed by atoms with Crippen molar-refractivity contribution in [2.45, 2.75) is 44.8 Å². The van der Waals surface area contributed by atoms with Gasteiger partial charge in [0.15, 0.2) is 5.78 Å². The predicted octanol–water partition coefficient (Wildman–Crippen LogP) is 4.25. The van der Waals surface area contributed by atoms with Crippen LogP contribution < -0.4 is 14.8 Å². The number of carbonyl (C=O) groups excluding carboxylic acids is 1. The third kappa shape index (κ3) is 5.33. The highest BCUT2D eigenvalue weighted by Crippen LogP contribution is 2.22. The fraction of sp³-hybridized carbons (Fsp3) is 0.409. The Morgan fingerprint density at radius 2 is 1.81 bits per heavy atom. The number of benzene rings is 2. The van der Waals surface area contributed by atoms with Gasteiger partial charge < -0.3 is 14.8 Å². The number of carbonyl (C=O) groups is 1. The summed E-state index contributed by atoms with van der Waals surface area (Å²) < 4.78 is 11.7. The van der Waals surface area contributed by atoms with Gasteiger partial charge in [0, 0.05) is 31.0 Å². The van der Waals surface area contributed by atoms with Crippen molar-refractivity contribution >= 4 is 5.78 Å². The zero-order valence-electron chi connectivity index (χ0n) is 15.3. The molecular formula is C22H27NO3. The van der Waals surface area contributed by atoms with Crippen LogP contribution >= 0.6 is 0 Å². The number of nitrogens with one attached hydrogen (secondary N) is 1. The number of hydrogen-bond donors (Lipinski definition) is 1. The van der Waals surface area contributed by atoms with E-state index in [0.29, 0.717) is 6.42 Å². The van der Waals surface area contributed by atoms with E-state index in [-0.39, 0.29) is 17.9 Å². The van der Waals surface area contributed by atoms with Crippen LogP contribution in [-0.2, 0) is 0 Å². The quantitative estimate of drug-likeness (QED) is 0.541. The zero-order chi connectivity index (χ0) is 18.2. The fourth-order valence-corrected chi connectivity index (χ4v) is 3.13. The molecule has 26 heavy (non-hydrogen) atoms. The van der Waals surface area contributed by atoms with Gasteiger partial charge in [-0.2, -0.15) is 0 Å². The van der Waals surface area contributed by atoms with E-state index in [1.165, 1.54) is 0 Å². The molecule has 0 saturated carbocycles. The van der Waals surface area contributed by atoms with Crippen molar-refractivity contribution in [3.8, 4) is 11.5 Å². The lowest BCUT2D eigenvalue weighted by atomic mass is 10.0. The first-order valence-corrected chi connectivity index (χ1v) is 9.45. The van der Waals surface area contributed by atoms with Crippen molar-refractivity contribution < 1.29 is 14.3 Å². The van der Waals surface area contributed by atoms with Gasteiger partial charge in [0.2, 0.25) is 0 Å². The van der Waals surface area contributed by atoms with Gasteiger partial charge in [0.05, 0.1) is 6.61 Å². The molecule has 0 aliphatic carbocycles. The minimum atomic E-state index is 0.0930. The number of ketones is 1. The zero-order valence-corrected chi connectivity index (χ0v) is 15.3. The minimum Gasteiger partial charge on any atom is -0.494 e. The first-order chi connectivity index (χ1) is 12.7. The summed E-state index contributed by atoms with van der Waals surface area (Å²) in [5.74, 6) is 1.90. The maximum atomic E-state index is 12.3. The van der Waals surface area contributed by atoms with Crippen LogP contribution in [0.25, 0.3) is 0 Å². The Morgan fingerprint density at radius 3 is 2.54 bits per heavy atom. The Balaban J connectivity index is 1.45. The number of unbranched alkanes of at least 4 members (excludes halogenated alkanes) is 1. The molecule has 0 radical (unpaired) electrons. The van der Waals surface area contributed by atoms with Gasteiger partial charge >= 0.3 is 0 Å². The molecule has 4 nitrogen and oxygen atoms in total. The van der Waals surface area contributed by atoms with Gasteiger partial charge in [0.25, 0.3) is 0 Å². The molecule has 2 unspecified atom stereocenters. The molecule has 3 rings (SSSR count). The molecule has 2 aromatic rings. The Kier molecular flexibility index (Phi) is 6.67. The molecule has 2 atom stereocenters. The van der Waals surface area contributed by atoms with Crippen LogP contribution in [0, 0.1) is 0 Å². The second-order valence-corrected chi connectivity index (χ2v) is 6.75. The van der Waals surface area contributed by atoms with Gasteiger partial charge in [-0.3, -0.25) is 4.79 Å². The van der Waals surface area contributed by atoms with Crippen molar-refractivity contribution in [2.75, 3.05) is 13.2 Å². The monoisotopic (exact) mass is 353 g/mol. The Labute approximate surface area is 155 Å².